The molecule has 144 valence electrons. The Labute approximate surface area is 156 Å². The number of nitrogens with one attached hydrogen (secondary N) is 1. The van der Waals surface area contributed by atoms with Crippen molar-refractivity contribution in [1.29, 1.82) is 0 Å². The minimum atomic E-state index is -0.957. The largest absolute Gasteiger partial charge is 0.480 e. The molecule has 1 aromatic carbocycles. The Morgan fingerprint density at radius 3 is 2.35 bits per heavy atom. The fourth-order valence-electron chi connectivity index (χ4n) is 3.61. The number of carbonyl (C=O) groups is 2. The van der Waals surface area contributed by atoms with Crippen LogP contribution in [0.3, 0.4) is 0 Å². The Kier molecular flexibility index (Phi) is 7.64. The molecule has 0 bridgehead atoms. The lowest BCUT2D eigenvalue weighted by molar-refractivity contribution is -0.144. The van der Waals surface area contributed by atoms with Crippen LogP contribution in [0.1, 0.15) is 45.6 Å². The highest BCUT2D eigenvalue weighted by Crippen LogP contribution is 2.23. The molecule has 26 heavy (non-hydrogen) atoms. The molecule has 0 aliphatic carbocycles. The third-order valence-corrected chi connectivity index (χ3v) is 5.72. The summed E-state index contributed by atoms with van der Waals surface area (Å²) >= 11 is 0. The molecule has 2 N–H and O–H groups in total. The van der Waals surface area contributed by atoms with E-state index in [-0.39, 0.29) is 17.9 Å². The summed E-state index contributed by atoms with van der Waals surface area (Å²) < 4.78 is 0. The van der Waals surface area contributed by atoms with Crippen molar-refractivity contribution in [2.75, 3.05) is 13.1 Å². The maximum Gasteiger partial charge on any atom is 0.326 e. The number of nitrogens with zero attached hydrogens (tertiary/aromatic N) is 1. The van der Waals surface area contributed by atoms with E-state index >= 15 is 0 Å². The van der Waals surface area contributed by atoms with Crippen molar-refractivity contribution in [2.45, 2.75) is 58.5 Å². The summed E-state index contributed by atoms with van der Waals surface area (Å²) in [4.78, 5) is 26.1. The highest BCUT2D eigenvalue weighted by Gasteiger charge is 2.31. The summed E-state index contributed by atoms with van der Waals surface area (Å²) in [6.45, 7) is 7.44. The van der Waals surface area contributed by atoms with Crippen LogP contribution in [0.25, 0.3) is 0 Å². The van der Waals surface area contributed by atoms with E-state index in [1.54, 1.807) is 0 Å². The standard InChI is InChI=1S/C21H32N2O3/c1-4-15(2)19(21(25)26)22-20(24)16(3)23-12-10-18(11-13-23)14-17-8-6-5-7-9-17/h5-9,15-16,18-19H,4,10-14H2,1-3H3,(H,22,24)(H,25,26)/t15-,16?,19-/m0/s1. The molecule has 3 atom stereocenters. The van der Waals surface area contributed by atoms with Crippen molar-refractivity contribution in [2.24, 2.45) is 11.8 Å². The number of hydrogen-bond donors (Lipinski definition) is 2. The zero-order valence-corrected chi connectivity index (χ0v) is 16.1. The molecule has 0 radical (unpaired) electrons. The van der Waals surface area contributed by atoms with Gasteiger partial charge in [-0.1, -0.05) is 50.6 Å². The van der Waals surface area contributed by atoms with Crippen molar-refractivity contribution >= 4 is 11.9 Å². The minimum Gasteiger partial charge on any atom is -0.480 e. The van der Waals surface area contributed by atoms with E-state index in [1.807, 2.05) is 26.8 Å². The number of benzene rings is 1. The number of likely N-dealkylation sites (tertiary alicyclic amines) is 1. The third kappa shape index (κ3) is 5.56. The van der Waals surface area contributed by atoms with Crippen LogP contribution < -0.4 is 5.32 Å². The topological polar surface area (TPSA) is 69.6 Å². The molecular weight excluding hydrogens is 328 g/mol. The van der Waals surface area contributed by atoms with E-state index in [4.69, 9.17) is 0 Å². The number of carbonyl (C=O) groups excluding carboxylic acids is 1. The first-order chi connectivity index (χ1) is 12.4. The van der Waals surface area contributed by atoms with Crippen LogP contribution in [0.5, 0.6) is 0 Å². The molecule has 1 heterocycles. The quantitative estimate of drug-likeness (QED) is 0.748. The fourth-order valence-corrected chi connectivity index (χ4v) is 3.61. The molecule has 1 amide bonds. The lowest BCUT2D eigenvalue weighted by atomic mass is 9.89. The average Bonchev–Trinajstić information content (AvgIpc) is 2.66. The Balaban J connectivity index is 1.84. The summed E-state index contributed by atoms with van der Waals surface area (Å²) in [6, 6.07) is 9.42. The maximum atomic E-state index is 12.5. The second-order valence-electron chi connectivity index (χ2n) is 7.56. The van der Waals surface area contributed by atoms with Crippen LogP contribution in [-0.2, 0) is 16.0 Å². The first-order valence-corrected chi connectivity index (χ1v) is 9.73. The van der Waals surface area contributed by atoms with Gasteiger partial charge in [0.1, 0.15) is 6.04 Å². The molecule has 1 aliphatic rings. The second kappa shape index (κ2) is 9.72. The van der Waals surface area contributed by atoms with E-state index in [0.29, 0.717) is 5.92 Å². The first kappa shape index (κ1) is 20.4. The Bertz CT molecular complexity index is 582. The number of piperidine rings is 1. The molecule has 0 spiro atoms. The van der Waals surface area contributed by atoms with E-state index < -0.39 is 12.0 Å². The SMILES string of the molecule is CC[C@H](C)[C@H](NC(=O)C(C)N1CCC(Cc2ccccc2)CC1)C(=O)O. The smallest absolute Gasteiger partial charge is 0.326 e. The van der Waals surface area contributed by atoms with Gasteiger partial charge in [-0.25, -0.2) is 4.79 Å². The zero-order chi connectivity index (χ0) is 19.1. The van der Waals surface area contributed by atoms with Gasteiger partial charge in [0.2, 0.25) is 5.91 Å². The Hall–Kier alpha value is -1.88. The lowest BCUT2D eigenvalue weighted by Crippen LogP contribution is -2.53. The van der Waals surface area contributed by atoms with Gasteiger partial charge in [-0.15, -0.1) is 0 Å². The van der Waals surface area contributed by atoms with Crippen molar-refractivity contribution in [3.05, 3.63) is 35.9 Å². The third-order valence-electron chi connectivity index (χ3n) is 5.72. The molecule has 0 aromatic heterocycles. The van der Waals surface area contributed by atoms with Gasteiger partial charge in [-0.2, -0.15) is 0 Å². The summed E-state index contributed by atoms with van der Waals surface area (Å²) in [5, 5.41) is 12.1. The second-order valence-corrected chi connectivity index (χ2v) is 7.56. The molecule has 1 fully saturated rings. The van der Waals surface area contributed by atoms with Gasteiger partial charge in [-0.3, -0.25) is 9.69 Å². The molecular formula is C21H32N2O3. The van der Waals surface area contributed by atoms with E-state index in [2.05, 4.69) is 34.5 Å². The van der Waals surface area contributed by atoms with Crippen LogP contribution in [0.2, 0.25) is 0 Å². The molecule has 0 saturated carbocycles. The van der Waals surface area contributed by atoms with Gasteiger partial charge in [0.15, 0.2) is 0 Å². The number of rotatable bonds is 8. The predicted molar refractivity (Wildman–Crippen MR) is 103 cm³/mol. The summed E-state index contributed by atoms with van der Waals surface area (Å²) in [6.07, 6.45) is 3.95. The number of aliphatic carboxylic acids is 1. The number of carboxylic acids is 1. The van der Waals surface area contributed by atoms with Crippen LogP contribution in [0.15, 0.2) is 30.3 Å². The van der Waals surface area contributed by atoms with E-state index in [1.165, 1.54) is 5.56 Å². The first-order valence-electron chi connectivity index (χ1n) is 9.73. The van der Waals surface area contributed by atoms with Crippen molar-refractivity contribution in [3.8, 4) is 0 Å². The van der Waals surface area contributed by atoms with Gasteiger partial charge in [0.05, 0.1) is 6.04 Å². The van der Waals surface area contributed by atoms with Crippen LogP contribution in [0.4, 0.5) is 0 Å². The summed E-state index contributed by atoms with van der Waals surface area (Å²) in [5.41, 5.74) is 1.37. The lowest BCUT2D eigenvalue weighted by Gasteiger charge is -2.36. The highest BCUT2D eigenvalue weighted by molar-refractivity contribution is 5.86. The molecule has 1 unspecified atom stereocenters. The Morgan fingerprint density at radius 1 is 1.19 bits per heavy atom. The van der Waals surface area contributed by atoms with Gasteiger partial charge in [0, 0.05) is 0 Å². The number of amides is 1. The Morgan fingerprint density at radius 2 is 1.81 bits per heavy atom. The summed E-state index contributed by atoms with van der Waals surface area (Å²) in [7, 11) is 0. The molecule has 5 nitrogen and oxygen atoms in total. The van der Waals surface area contributed by atoms with Crippen molar-refractivity contribution < 1.29 is 14.7 Å². The van der Waals surface area contributed by atoms with Gasteiger partial charge < -0.3 is 10.4 Å². The monoisotopic (exact) mass is 360 g/mol. The van der Waals surface area contributed by atoms with Crippen LogP contribution >= 0.6 is 0 Å². The maximum absolute atomic E-state index is 12.5. The zero-order valence-electron chi connectivity index (χ0n) is 16.1. The van der Waals surface area contributed by atoms with Crippen molar-refractivity contribution in [1.82, 2.24) is 10.2 Å². The minimum absolute atomic E-state index is 0.0831. The fraction of sp³-hybridized carbons (Fsp3) is 0.619. The van der Waals surface area contributed by atoms with Gasteiger partial charge >= 0.3 is 5.97 Å². The molecule has 2 rings (SSSR count). The molecule has 1 aliphatic heterocycles. The predicted octanol–water partition coefficient (Wildman–Crippen LogP) is 2.95. The number of hydrogen-bond acceptors (Lipinski definition) is 3. The molecule has 1 aromatic rings. The van der Waals surface area contributed by atoms with E-state index in [9.17, 15) is 14.7 Å². The molecule has 1 saturated heterocycles. The molecule has 5 heteroatoms. The van der Waals surface area contributed by atoms with Crippen LogP contribution in [-0.4, -0.2) is 47.1 Å². The summed E-state index contributed by atoms with van der Waals surface area (Å²) in [5.74, 6) is -0.572. The highest BCUT2D eigenvalue weighted by atomic mass is 16.4. The van der Waals surface area contributed by atoms with E-state index in [0.717, 1.165) is 38.8 Å². The van der Waals surface area contributed by atoms with Gasteiger partial charge in [-0.05, 0) is 56.7 Å². The van der Waals surface area contributed by atoms with Crippen LogP contribution in [0, 0.1) is 11.8 Å². The number of carboxylic acid groups (broad SMARTS) is 1. The average molecular weight is 360 g/mol. The van der Waals surface area contributed by atoms with Gasteiger partial charge in [0.25, 0.3) is 0 Å². The van der Waals surface area contributed by atoms with Crippen molar-refractivity contribution in [3.63, 3.8) is 0 Å². The normalized spacial score (nSPS) is 19.5.